The van der Waals surface area contributed by atoms with Gasteiger partial charge in [0.2, 0.25) is 10.0 Å². The number of morpholine rings is 1. The molecule has 0 radical (unpaired) electrons. The lowest BCUT2D eigenvalue weighted by Crippen LogP contribution is -2.61. The second kappa shape index (κ2) is 25.9. The van der Waals surface area contributed by atoms with E-state index in [1.54, 1.807) is 86.5 Å². The number of benzene rings is 1. The lowest BCUT2D eigenvalue weighted by atomic mass is 9.77. The minimum Gasteiger partial charge on any atom is -0.459 e. The van der Waals surface area contributed by atoms with Crippen LogP contribution in [-0.4, -0.2) is 232 Å². The number of cyclic esters (lactones) is 2. The number of carbonyl (C=O) groups is 2. The van der Waals surface area contributed by atoms with E-state index in [0.717, 1.165) is 0 Å². The van der Waals surface area contributed by atoms with E-state index in [9.17, 15) is 43.5 Å². The number of amides is 1. The topological polar surface area (TPSA) is 268 Å². The molecule has 0 aliphatic carbocycles. The zero-order valence-corrected chi connectivity index (χ0v) is 48.2. The highest BCUT2D eigenvalue weighted by Gasteiger charge is 2.53. The van der Waals surface area contributed by atoms with Crippen molar-refractivity contribution >= 4 is 33.5 Å². The number of esters is 1. The van der Waals surface area contributed by atoms with E-state index >= 15 is 4.39 Å². The number of halogens is 1. The van der Waals surface area contributed by atoms with Crippen LogP contribution in [0.1, 0.15) is 94.9 Å². The third kappa shape index (κ3) is 15.0. The summed E-state index contributed by atoms with van der Waals surface area (Å²) in [6.07, 6.45) is -12.1. The number of nitrogens with one attached hydrogen (secondary N) is 1. The Morgan fingerprint density at radius 1 is 0.935 bits per heavy atom. The lowest BCUT2D eigenvalue weighted by molar-refractivity contribution is -0.318. The van der Waals surface area contributed by atoms with Crippen LogP contribution >= 0.6 is 0 Å². The van der Waals surface area contributed by atoms with Crippen molar-refractivity contribution in [1.29, 1.82) is 0 Å². The second-order valence-corrected chi connectivity index (χ2v) is 25.1. The van der Waals surface area contributed by atoms with Crippen LogP contribution in [0.4, 0.5) is 20.6 Å². The zero-order valence-electron chi connectivity index (χ0n) is 47.4. The average molecular weight is 1120 g/mol. The maximum absolute atomic E-state index is 15.2. The molecule has 5 aliphatic heterocycles. The Balaban J connectivity index is 1.20. The van der Waals surface area contributed by atoms with Gasteiger partial charge in [-0.25, -0.2) is 22.3 Å². The minimum absolute atomic E-state index is 0.0136. The van der Waals surface area contributed by atoms with Crippen LogP contribution in [0, 0.1) is 23.6 Å². The molecule has 1 amide bonds. The van der Waals surface area contributed by atoms with Gasteiger partial charge in [-0.15, -0.1) is 0 Å². The van der Waals surface area contributed by atoms with E-state index in [1.165, 1.54) is 25.0 Å². The van der Waals surface area contributed by atoms with Gasteiger partial charge in [-0.1, -0.05) is 20.8 Å². The van der Waals surface area contributed by atoms with Crippen LogP contribution in [0.2, 0.25) is 0 Å². The largest absolute Gasteiger partial charge is 0.459 e. The Labute approximate surface area is 454 Å². The number of rotatable bonds is 15. The summed E-state index contributed by atoms with van der Waals surface area (Å²) in [6.45, 7) is 19.1. The third-order valence-corrected chi connectivity index (χ3v) is 18.1. The van der Waals surface area contributed by atoms with Crippen LogP contribution in [-0.2, 0) is 52.7 Å². The molecule has 0 saturated carbocycles. The molecule has 5 aliphatic rings. The van der Waals surface area contributed by atoms with Gasteiger partial charge < -0.3 is 73.2 Å². The van der Waals surface area contributed by atoms with Crippen molar-refractivity contribution < 1.29 is 85.8 Å². The first-order valence-electron chi connectivity index (χ1n) is 27.3. The molecule has 5 heterocycles. The predicted molar refractivity (Wildman–Crippen MR) is 282 cm³/mol. The number of nitrogens with zero attached hydrogens (tertiary/aromatic N) is 4. The molecule has 6 N–H and O–H groups in total. The highest BCUT2D eigenvalue weighted by Crippen LogP contribution is 2.41. The van der Waals surface area contributed by atoms with Gasteiger partial charge in [0, 0.05) is 64.3 Å². The van der Waals surface area contributed by atoms with E-state index in [1.807, 2.05) is 16.7 Å². The van der Waals surface area contributed by atoms with Crippen LogP contribution in [0.3, 0.4) is 0 Å². The maximum Gasteiger partial charge on any atom is 0.414 e. The van der Waals surface area contributed by atoms with Crippen molar-refractivity contribution in [2.24, 2.45) is 17.8 Å². The Morgan fingerprint density at radius 2 is 1.61 bits per heavy atom. The van der Waals surface area contributed by atoms with E-state index < -0.39 is 142 Å². The van der Waals surface area contributed by atoms with Crippen LogP contribution in [0.5, 0.6) is 0 Å². The Morgan fingerprint density at radius 3 is 2.25 bits per heavy atom. The first-order chi connectivity index (χ1) is 35.9. The lowest BCUT2D eigenvalue weighted by Gasteiger charge is -2.49. The van der Waals surface area contributed by atoms with Crippen LogP contribution in [0.15, 0.2) is 18.2 Å². The van der Waals surface area contributed by atoms with Gasteiger partial charge in [0.05, 0.1) is 78.4 Å². The normalized spacial score (nSPS) is 40.7. The SMILES string of the molecule is CC[C@H]1OC(=O)[C@H](C)[C@@H](O[C@H]2C[C@@](C)(OC)[C@@H](O)[C@H](C)O2)[C@H](C)[C@@H](O[C@@H]2O[C@H](C)C[C@H](N(C)CCS(=O)(=O)NC[C@H]3CN(c4ccc(N5CCOCC5)c(F)c4)C(=O)O3)[C@H]2O)[C@](C)(O)C[C@@H](C)CN(C)[C@H](C)[C@@H](O)[C@]1(C)O. The second-order valence-electron chi connectivity index (χ2n) is 23.2. The van der Waals surface area contributed by atoms with Crippen molar-refractivity contribution in [3.8, 4) is 0 Å². The molecule has 1 aromatic carbocycles. The molecule has 0 aromatic heterocycles. The van der Waals surface area contributed by atoms with Crippen molar-refractivity contribution in [2.45, 2.75) is 191 Å². The number of likely N-dealkylation sites (N-methyl/N-ethyl adjacent to an activating group) is 2. The molecule has 77 heavy (non-hydrogen) atoms. The molecule has 0 unspecified atom stereocenters. The average Bonchev–Trinajstić information content (AvgIpc) is 3.76. The molecule has 442 valence electrons. The van der Waals surface area contributed by atoms with Gasteiger partial charge in [0.25, 0.3) is 0 Å². The number of anilines is 2. The minimum atomic E-state index is -3.98. The van der Waals surface area contributed by atoms with Crippen molar-refractivity contribution in [1.82, 2.24) is 14.5 Å². The summed E-state index contributed by atoms with van der Waals surface area (Å²) in [6, 6.07) is 3.14. The van der Waals surface area contributed by atoms with Crippen LogP contribution < -0.4 is 14.5 Å². The highest BCUT2D eigenvalue weighted by atomic mass is 32.2. The standard InChI is InChI=1S/C53H90FN5O17S/c1-14-41-53(10,66)45(61)34(6)57(12)28-30(2)25-51(8,65)47(32(4)44(33(5)48(63)74-41)75-42-26-52(9,69-13)46(62)35(7)72-42)76-49-43(60)40(23-31(3)71-49)56(11)19-22-77(67,68)55-27-37-29-59(50(64)73-37)36-15-16-39(38(54)24-36)58-17-20-70-21-18-58/h15-16,24,30-35,37,40-47,49,55,60-62,65-66H,14,17-23,25-29H2,1-13H3/t30-,31-,32+,33-,34-,35+,37+,40+,41-,42+,43-,44+,45-,46+,47-,49+,51-,52-,53-/m1/s1. The summed E-state index contributed by atoms with van der Waals surface area (Å²) in [4.78, 5) is 34.1. The highest BCUT2D eigenvalue weighted by molar-refractivity contribution is 7.89. The third-order valence-electron chi connectivity index (χ3n) is 16.8. The van der Waals surface area contributed by atoms with Gasteiger partial charge >= 0.3 is 12.1 Å². The Bertz CT molecular complexity index is 2230. The number of aliphatic hydroxyl groups is 5. The fourth-order valence-corrected chi connectivity index (χ4v) is 13.1. The van der Waals surface area contributed by atoms with Crippen LogP contribution in [0.25, 0.3) is 0 Å². The summed E-state index contributed by atoms with van der Waals surface area (Å²) >= 11 is 0. The van der Waals surface area contributed by atoms with E-state index in [2.05, 4.69) is 4.72 Å². The number of hydrogen-bond donors (Lipinski definition) is 6. The quantitative estimate of drug-likeness (QED) is 0.138. The van der Waals surface area contributed by atoms with Crippen molar-refractivity contribution in [2.75, 3.05) is 89.2 Å². The molecule has 1 aromatic rings. The number of sulfonamides is 1. The van der Waals surface area contributed by atoms with E-state index in [0.29, 0.717) is 38.5 Å². The molecular formula is C53H90FN5O17S. The van der Waals surface area contributed by atoms with Gasteiger partial charge in [-0.2, -0.15) is 0 Å². The summed E-state index contributed by atoms with van der Waals surface area (Å²) < 4.78 is 93.6. The Kier molecular flexibility index (Phi) is 21.3. The molecule has 6 rings (SSSR count). The van der Waals surface area contributed by atoms with Gasteiger partial charge in [-0.3, -0.25) is 14.6 Å². The predicted octanol–water partition coefficient (Wildman–Crippen LogP) is 2.19. The first kappa shape index (κ1) is 63.3. The molecule has 5 saturated heterocycles. The summed E-state index contributed by atoms with van der Waals surface area (Å²) in [5, 5.41) is 59.6. The molecule has 22 nitrogen and oxygen atoms in total. The molecule has 19 atom stereocenters. The number of ether oxygens (including phenoxy) is 8. The van der Waals surface area contributed by atoms with Crippen molar-refractivity contribution in [3.63, 3.8) is 0 Å². The first-order valence-corrected chi connectivity index (χ1v) is 28.9. The van der Waals surface area contributed by atoms with Gasteiger partial charge in [0.1, 0.15) is 41.9 Å². The Hall–Kier alpha value is -2.92. The van der Waals surface area contributed by atoms with E-state index in [-0.39, 0.29) is 56.9 Å². The fourth-order valence-electron chi connectivity index (χ4n) is 11.9. The molecule has 24 heteroatoms. The smallest absolute Gasteiger partial charge is 0.414 e. The number of hydrogen-bond acceptors (Lipinski definition) is 20. The number of aliphatic hydroxyl groups excluding tert-OH is 3. The number of methoxy groups -OCH3 is 1. The van der Waals surface area contributed by atoms with Crippen molar-refractivity contribution in [3.05, 3.63) is 24.0 Å². The monoisotopic (exact) mass is 1120 g/mol. The van der Waals surface area contributed by atoms with Gasteiger partial charge in [0.15, 0.2) is 12.6 Å². The fraction of sp³-hybridized carbons (Fsp3) is 0.849. The molecule has 5 fully saturated rings. The summed E-state index contributed by atoms with van der Waals surface area (Å²) in [5.74, 6) is -4.00. The summed E-state index contributed by atoms with van der Waals surface area (Å²) in [5.41, 5.74) is -4.06. The molecule has 0 spiro atoms. The maximum atomic E-state index is 15.2. The molecule has 0 bridgehead atoms. The zero-order chi connectivity index (χ0) is 57.1. The molecular weight excluding hydrogens is 1030 g/mol. The number of carbonyl (C=O) groups excluding carboxylic acids is 2. The summed E-state index contributed by atoms with van der Waals surface area (Å²) in [7, 11) is 0.950. The van der Waals surface area contributed by atoms with E-state index in [4.69, 9.17) is 37.9 Å². The van der Waals surface area contributed by atoms with Gasteiger partial charge in [-0.05, 0) is 106 Å².